The lowest BCUT2D eigenvalue weighted by atomic mass is 10.1. The van der Waals surface area contributed by atoms with Gasteiger partial charge in [-0.15, -0.1) is 0 Å². The monoisotopic (exact) mass is 355 g/mol. The number of hydrogen-bond donors (Lipinski definition) is 1. The predicted octanol–water partition coefficient (Wildman–Crippen LogP) is 4.15. The molecule has 0 saturated heterocycles. The molecule has 3 nitrogen and oxygen atoms in total. The van der Waals surface area contributed by atoms with Crippen LogP contribution >= 0.6 is 27.5 Å². The Morgan fingerprint density at radius 1 is 1.40 bits per heavy atom. The Hall–Kier alpha value is -0.840. The van der Waals surface area contributed by atoms with Gasteiger partial charge in [0, 0.05) is 17.1 Å². The highest BCUT2D eigenvalue weighted by molar-refractivity contribution is 9.10. The van der Waals surface area contributed by atoms with Crippen LogP contribution < -0.4 is 5.32 Å². The number of halogens is 2. The fraction of sp³-hybridized carbons (Fsp3) is 0.400. The van der Waals surface area contributed by atoms with Crippen LogP contribution in [0.2, 0.25) is 5.02 Å². The SMILES string of the molecule is Cc1c(Cl)cnn1Cc1ccc(CNC(C)C)cc1Br. The van der Waals surface area contributed by atoms with E-state index in [4.69, 9.17) is 11.6 Å². The van der Waals surface area contributed by atoms with Gasteiger partial charge in [0.25, 0.3) is 0 Å². The van der Waals surface area contributed by atoms with E-state index in [0.29, 0.717) is 11.1 Å². The maximum absolute atomic E-state index is 6.03. The average Bonchev–Trinajstić information content (AvgIpc) is 2.71. The summed E-state index contributed by atoms with van der Waals surface area (Å²) in [6.07, 6.45) is 1.69. The van der Waals surface area contributed by atoms with Gasteiger partial charge in [-0.3, -0.25) is 4.68 Å². The van der Waals surface area contributed by atoms with Gasteiger partial charge in [-0.2, -0.15) is 5.10 Å². The zero-order valence-electron chi connectivity index (χ0n) is 12.0. The maximum Gasteiger partial charge on any atom is 0.0815 e. The Labute approximate surface area is 133 Å². The van der Waals surface area contributed by atoms with Crippen LogP contribution in [0.15, 0.2) is 28.9 Å². The summed E-state index contributed by atoms with van der Waals surface area (Å²) in [6, 6.07) is 6.93. The van der Waals surface area contributed by atoms with E-state index in [9.17, 15) is 0 Å². The zero-order valence-corrected chi connectivity index (χ0v) is 14.3. The van der Waals surface area contributed by atoms with Gasteiger partial charge >= 0.3 is 0 Å². The van der Waals surface area contributed by atoms with Crippen molar-refractivity contribution in [3.63, 3.8) is 0 Å². The van der Waals surface area contributed by atoms with E-state index >= 15 is 0 Å². The van der Waals surface area contributed by atoms with Crippen molar-refractivity contribution in [3.05, 3.63) is 50.7 Å². The number of nitrogens with zero attached hydrogens (tertiary/aromatic N) is 2. The lowest BCUT2D eigenvalue weighted by Gasteiger charge is -2.11. The smallest absolute Gasteiger partial charge is 0.0815 e. The highest BCUT2D eigenvalue weighted by Crippen LogP contribution is 2.21. The molecule has 0 fully saturated rings. The molecule has 0 aliphatic heterocycles. The standard InChI is InChI=1S/C15H19BrClN3/c1-10(2)18-7-12-4-5-13(14(16)6-12)9-20-11(3)15(17)8-19-20/h4-6,8,10,18H,7,9H2,1-3H3. The molecule has 1 N–H and O–H groups in total. The van der Waals surface area contributed by atoms with Crippen LogP contribution in [0.25, 0.3) is 0 Å². The summed E-state index contributed by atoms with van der Waals surface area (Å²) in [5.41, 5.74) is 3.45. The van der Waals surface area contributed by atoms with E-state index in [0.717, 1.165) is 23.3 Å². The van der Waals surface area contributed by atoms with Gasteiger partial charge in [0.05, 0.1) is 23.5 Å². The van der Waals surface area contributed by atoms with Gasteiger partial charge in [0.15, 0.2) is 0 Å². The second kappa shape index (κ2) is 6.74. The molecule has 0 atom stereocenters. The first kappa shape index (κ1) is 15.5. The number of benzene rings is 1. The van der Waals surface area contributed by atoms with Crippen LogP contribution in [-0.4, -0.2) is 15.8 Å². The molecule has 0 amide bonds. The lowest BCUT2D eigenvalue weighted by molar-refractivity contribution is 0.588. The molecule has 20 heavy (non-hydrogen) atoms. The van der Waals surface area contributed by atoms with Crippen LogP contribution in [0.5, 0.6) is 0 Å². The summed E-state index contributed by atoms with van der Waals surface area (Å²) >= 11 is 9.67. The summed E-state index contributed by atoms with van der Waals surface area (Å²) in [5, 5.41) is 8.41. The van der Waals surface area contributed by atoms with Gasteiger partial charge in [0.2, 0.25) is 0 Å². The van der Waals surface area contributed by atoms with Crippen molar-refractivity contribution >= 4 is 27.5 Å². The summed E-state index contributed by atoms with van der Waals surface area (Å²) < 4.78 is 3.01. The van der Waals surface area contributed by atoms with Crippen LogP contribution in [0.4, 0.5) is 0 Å². The third-order valence-corrected chi connectivity index (χ3v) is 4.30. The minimum absolute atomic E-state index is 0.488. The molecule has 0 aliphatic rings. The molecule has 1 aromatic heterocycles. The Balaban J connectivity index is 2.11. The van der Waals surface area contributed by atoms with Gasteiger partial charge in [-0.1, -0.05) is 53.5 Å². The Morgan fingerprint density at radius 2 is 2.15 bits per heavy atom. The Bertz CT molecular complexity index is 593. The molecular weight excluding hydrogens is 338 g/mol. The first-order valence-corrected chi connectivity index (χ1v) is 7.83. The number of rotatable bonds is 5. The van der Waals surface area contributed by atoms with Gasteiger partial charge in [-0.25, -0.2) is 0 Å². The van der Waals surface area contributed by atoms with Gasteiger partial charge in [0.1, 0.15) is 0 Å². The fourth-order valence-corrected chi connectivity index (χ4v) is 2.59. The van der Waals surface area contributed by atoms with Crippen molar-refractivity contribution in [1.82, 2.24) is 15.1 Å². The summed E-state index contributed by atoms with van der Waals surface area (Å²) in [6.45, 7) is 7.87. The quantitative estimate of drug-likeness (QED) is 0.872. The molecule has 2 aromatic rings. The molecule has 0 saturated carbocycles. The maximum atomic E-state index is 6.03. The molecule has 0 spiro atoms. The second-order valence-corrected chi connectivity index (χ2v) is 6.46. The third kappa shape index (κ3) is 3.84. The Kier molecular flexibility index (Phi) is 5.24. The van der Waals surface area contributed by atoms with Crippen molar-refractivity contribution < 1.29 is 0 Å². The second-order valence-electron chi connectivity index (χ2n) is 5.20. The van der Waals surface area contributed by atoms with E-state index in [1.54, 1.807) is 6.20 Å². The predicted molar refractivity (Wildman–Crippen MR) is 87.2 cm³/mol. The lowest BCUT2D eigenvalue weighted by Crippen LogP contribution is -2.21. The molecule has 5 heteroatoms. The first-order valence-electron chi connectivity index (χ1n) is 6.66. The van der Waals surface area contributed by atoms with E-state index in [1.807, 2.05) is 11.6 Å². The summed E-state index contributed by atoms with van der Waals surface area (Å²) in [4.78, 5) is 0. The fourth-order valence-electron chi connectivity index (χ4n) is 1.90. The molecule has 2 rings (SSSR count). The largest absolute Gasteiger partial charge is 0.310 e. The minimum atomic E-state index is 0.488. The van der Waals surface area contributed by atoms with Crippen molar-refractivity contribution in [1.29, 1.82) is 0 Å². The number of aromatic nitrogens is 2. The molecule has 0 bridgehead atoms. The van der Waals surface area contributed by atoms with Crippen LogP contribution in [0.1, 0.15) is 30.7 Å². The van der Waals surface area contributed by atoms with Crippen molar-refractivity contribution in [2.24, 2.45) is 0 Å². The Morgan fingerprint density at radius 3 is 2.70 bits per heavy atom. The van der Waals surface area contributed by atoms with Crippen molar-refractivity contribution in [2.45, 2.75) is 39.9 Å². The number of hydrogen-bond acceptors (Lipinski definition) is 2. The summed E-state index contributed by atoms with van der Waals surface area (Å²) in [5.74, 6) is 0. The third-order valence-electron chi connectivity index (χ3n) is 3.20. The average molecular weight is 357 g/mol. The van der Waals surface area contributed by atoms with E-state index < -0.39 is 0 Å². The highest BCUT2D eigenvalue weighted by Gasteiger charge is 2.07. The van der Waals surface area contributed by atoms with E-state index in [2.05, 4.69) is 58.4 Å². The molecule has 0 radical (unpaired) electrons. The highest BCUT2D eigenvalue weighted by atomic mass is 79.9. The van der Waals surface area contributed by atoms with E-state index in [1.165, 1.54) is 11.1 Å². The molecule has 0 aliphatic carbocycles. The molecular formula is C15H19BrClN3. The summed E-state index contributed by atoms with van der Waals surface area (Å²) in [7, 11) is 0. The van der Waals surface area contributed by atoms with E-state index in [-0.39, 0.29) is 0 Å². The normalized spacial score (nSPS) is 11.3. The first-order chi connectivity index (χ1) is 9.47. The van der Waals surface area contributed by atoms with Crippen molar-refractivity contribution in [2.75, 3.05) is 0 Å². The van der Waals surface area contributed by atoms with Gasteiger partial charge in [-0.05, 0) is 24.1 Å². The minimum Gasteiger partial charge on any atom is -0.310 e. The van der Waals surface area contributed by atoms with Crippen molar-refractivity contribution in [3.8, 4) is 0 Å². The molecule has 108 valence electrons. The molecule has 1 aromatic carbocycles. The molecule has 0 unspecified atom stereocenters. The van der Waals surface area contributed by atoms with Gasteiger partial charge < -0.3 is 5.32 Å². The number of nitrogens with one attached hydrogen (secondary N) is 1. The zero-order chi connectivity index (χ0) is 14.7. The molecule has 1 heterocycles. The van der Waals surface area contributed by atoms with Crippen LogP contribution in [-0.2, 0) is 13.1 Å². The van der Waals surface area contributed by atoms with Crippen LogP contribution in [0, 0.1) is 6.92 Å². The van der Waals surface area contributed by atoms with Crippen LogP contribution in [0.3, 0.4) is 0 Å². The topological polar surface area (TPSA) is 29.9 Å².